The molecule has 0 heterocycles. The Hall–Kier alpha value is -1.38. The van der Waals surface area contributed by atoms with Crippen LogP contribution < -0.4 is 5.32 Å². The SMILES string of the molecule is CC(NC(=O)C1CC1c1ccc(F)cc1)C1CC2CCC1C2. The molecule has 0 aromatic heterocycles. The summed E-state index contributed by atoms with van der Waals surface area (Å²) in [6, 6.07) is 6.90. The van der Waals surface area contributed by atoms with Gasteiger partial charge in [0.2, 0.25) is 5.91 Å². The average Bonchev–Trinajstić information content (AvgIpc) is 3.02. The third kappa shape index (κ3) is 2.55. The lowest BCUT2D eigenvalue weighted by atomic mass is 9.84. The second kappa shape index (κ2) is 5.36. The summed E-state index contributed by atoms with van der Waals surface area (Å²) in [5.74, 6) is 2.81. The second-order valence-corrected chi connectivity index (χ2v) is 7.64. The molecule has 0 radical (unpaired) electrons. The van der Waals surface area contributed by atoms with Gasteiger partial charge in [-0.15, -0.1) is 0 Å². The van der Waals surface area contributed by atoms with Crippen molar-refractivity contribution in [2.24, 2.45) is 23.7 Å². The molecule has 1 amide bonds. The number of hydrogen-bond acceptors (Lipinski definition) is 1. The third-order valence-electron chi connectivity index (χ3n) is 6.23. The van der Waals surface area contributed by atoms with Gasteiger partial charge in [-0.2, -0.15) is 0 Å². The molecule has 1 N–H and O–H groups in total. The summed E-state index contributed by atoms with van der Waals surface area (Å²) in [5.41, 5.74) is 1.09. The summed E-state index contributed by atoms with van der Waals surface area (Å²) < 4.78 is 13.0. The summed E-state index contributed by atoms with van der Waals surface area (Å²) in [5, 5.41) is 3.27. The van der Waals surface area contributed by atoms with E-state index >= 15 is 0 Å². The minimum Gasteiger partial charge on any atom is -0.353 e. The summed E-state index contributed by atoms with van der Waals surface area (Å²) in [6.45, 7) is 2.18. The van der Waals surface area contributed by atoms with Crippen molar-refractivity contribution in [3.8, 4) is 0 Å². The molecule has 0 saturated heterocycles. The fourth-order valence-corrected chi connectivity index (χ4v) is 4.91. The Morgan fingerprint density at radius 3 is 2.59 bits per heavy atom. The summed E-state index contributed by atoms with van der Waals surface area (Å²) in [6.07, 6.45) is 6.35. The van der Waals surface area contributed by atoms with Gasteiger partial charge in [-0.3, -0.25) is 4.79 Å². The fraction of sp³-hybridized carbons (Fsp3) is 0.632. The van der Waals surface area contributed by atoms with Crippen LogP contribution in [0.3, 0.4) is 0 Å². The highest BCUT2D eigenvalue weighted by molar-refractivity contribution is 5.83. The van der Waals surface area contributed by atoms with E-state index in [9.17, 15) is 9.18 Å². The van der Waals surface area contributed by atoms with Crippen molar-refractivity contribution in [3.63, 3.8) is 0 Å². The lowest BCUT2D eigenvalue weighted by Crippen LogP contribution is -2.41. The van der Waals surface area contributed by atoms with Crippen LogP contribution in [-0.4, -0.2) is 11.9 Å². The van der Waals surface area contributed by atoms with E-state index in [1.807, 2.05) is 12.1 Å². The number of benzene rings is 1. The average molecular weight is 301 g/mol. The van der Waals surface area contributed by atoms with Crippen molar-refractivity contribution >= 4 is 5.91 Å². The minimum atomic E-state index is -0.213. The third-order valence-corrected chi connectivity index (χ3v) is 6.23. The van der Waals surface area contributed by atoms with E-state index in [-0.39, 0.29) is 23.6 Å². The molecule has 3 saturated carbocycles. The fourth-order valence-electron chi connectivity index (χ4n) is 4.91. The quantitative estimate of drug-likeness (QED) is 0.898. The van der Waals surface area contributed by atoms with E-state index in [4.69, 9.17) is 0 Å². The van der Waals surface area contributed by atoms with Crippen LogP contribution in [-0.2, 0) is 4.79 Å². The topological polar surface area (TPSA) is 29.1 Å². The highest BCUT2D eigenvalue weighted by atomic mass is 19.1. The zero-order valence-electron chi connectivity index (χ0n) is 13.1. The first-order valence-corrected chi connectivity index (χ1v) is 8.67. The molecule has 22 heavy (non-hydrogen) atoms. The van der Waals surface area contributed by atoms with E-state index < -0.39 is 0 Å². The summed E-state index contributed by atoms with van der Waals surface area (Å²) in [4.78, 5) is 12.4. The predicted molar refractivity (Wildman–Crippen MR) is 83.8 cm³/mol. The van der Waals surface area contributed by atoms with Crippen molar-refractivity contribution in [3.05, 3.63) is 35.6 Å². The predicted octanol–water partition coefficient (Wildman–Crippen LogP) is 3.87. The van der Waals surface area contributed by atoms with Gasteiger partial charge in [0.15, 0.2) is 0 Å². The van der Waals surface area contributed by atoms with Crippen molar-refractivity contribution in [2.45, 2.75) is 51.0 Å². The summed E-state index contributed by atoms with van der Waals surface area (Å²) in [7, 11) is 0. The van der Waals surface area contributed by atoms with Crippen LogP contribution in [0.25, 0.3) is 0 Å². The molecule has 1 aromatic rings. The first kappa shape index (κ1) is 14.2. The monoisotopic (exact) mass is 301 g/mol. The summed E-state index contributed by atoms with van der Waals surface area (Å²) >= 11 is 0. The minimum absolute atomic E-state index is 0.0894. The number of fused-ring (bicyclic) bond motifs is 2. The second-order valence-electron chi connectivity index (χ2n) is 7.64. The van der Waals surface area contributed by atoms with Crippen LogP contribution in [0.2, 0.25) is 0 Å². The first-order valence-electron chi connectivity index (χ1n) is 8.67. The highest BCUT2D eigenvalue weighted by Gasteiger charge is 2.46. The number of carbonyl (C=O) groups excluding carboxylic acids is 1. The van der Waals surface area contributed by atoms with Crippen LogP contribution in [0.15, 0.2) is 24.3 Å². The zero-order chi connectivity index (χ0) is 15.3. The van der Waals surface area contributed by atoms with Crippen LogP contribution in [0.5, 0.6) is 0 Å². The van der Waals surface area contributed by atoms with E-state index in [0.717, 1.165) is 23.8 Å². The molecule has 3 aliphatic carbocycles. The van der Waals surface area contributed by atoms with Gasteiger partial charge in [-0.05, 0) is 74.0 Å². The Balaban J connectivity index is 1.33. The van der Waals surface area contributed by atoms with Crippen LogP contribution in [0.4, 0.5) is 4.39 Å². The van der Waals surface area contributed by atoms with Gasteiger partial charge in [0.1, 0.15) is 5.82 Å². The van der Waals surface area contributed by atoms with Crippen LogP contribution >= 0.6 is 0 Å². The van der Waals surface area contributed by atoms with Gasteiger partial charge in [0, 0.05) is 12.0 Å². The van der Waals surface area contributed by atoms with Crippen LogP contribution in [0.1, 0.15) is 50.5 Å². The molecule has 3 aliphatic rings. The molecule has 0 spiro atoms. The molecule has 2 nitrogen and oxygen atoms in total. The van der Waals surface area contributed by atoms with E-state index in [0.29, 0.717) is 12.0 Å². The van der Waals surface area contributed by atoms with Gasteiger partial charge in [-0.1, -0.05) is 18.6 Å². The molecule has 6 atom stereocenters. The van der Waals surface area contributed by atoms with Gasteiger partial charge in [-0.25, -0.2) is 4.39 Å². The number of halogens is 1. The maximum atomic E-state index is 13.0. The van der Waals surface area contributed by atoms with Gasteiger partial charge >= 0.3 is 0 Å². The number of amides is 1. The van der Waals surface area contributed by atoms with Crippen molar-refractivity contribution in [2.75, 3.05) is 0 Å². The van der Waals surface area contributed by atoms with Gasteiger partial charge in [0.05, 0.1) is 0 Å². The number of nitrogens with one attached hydrogen (secondary N) is 1. The van der Waals surface area contributed by atoms with Crippen molar-refractivity contribution in [1.82, 2.24) is 5.32 Å². The number of carbonyl (C=O) groups is 1. The molecule has 6 unspecified atom stereocenters. The van der Waals surface area contributed by atoms with Gasteiger partial charge < -0.3 is 5.32 Å². The Labute approximate surface area is 131 Å². The maximum Gasteiger partial charge on any atom is 0.223 e. The van der Waals surface area contributed by atoms with Crippen LogP contribution in [0, 0.1) is 29.5 Å². The largest absolute Gasteiger partial charge is 0.353 e. The number of rotatable bonds is 4. The number of hydrogen-bond donors (Lipinski definition) is 1. The Morgan fingerprint density at radius 1 is 1.18 bits per heavy atom. The van der Waals surface area contributed by atoms with Crippen molar-refractivity contribution < 1.29 is 9.18 Å². The normalized spacial score (nSPS) is 37.1. The maximum absolute atomic E-state index is 13.0. The van der Waals surface area contributed by atoms with E-state index in [1.165, 1.54) is 37.8 Å². The zero-order valence-corrected chi connectivity index (χ0v) is 13.1. The van der Waals surface area contributed by atoms with Crippen molar-refractivity contribution in [1.29, 1.82) is 0 Å². The smallest absolute Gasteiger partial charge is 0.223 e. The molecule has 4 rings (SSSR count). The first-order chi connectivity index (χ1) is 10.6. The molecule has 3 fully saturated rings. The Morgan fingerprint density at radius 2 is 1.95 bits per heavy atom. The van der Waals surface area contributed by atoms with E-state index in [2.05, 4.69) is 12.2 Å². The Bertz CT molecular complexity index is 569. The molecule has 3 heteroatoms. The molecule has 1 aromatic carbocycles. The van der Waals surface area contributed by atoms with E-state index in [1.54, 1.807) is 0 Å². The molecular weight excluding hydrogens is 277 g/mol. The molecular formula is C19H24FNO. The highest BCUT2D eigenvalue weighted by Crippen LogP contribution is 2.50. The molecule has 2 bridgehead atoms. The lowest BCUT2D eigenvalue weighted by Gasteiger charge is -2.28. The lowest BCUT2D eigenvalue weighted by molar-refractivity contribution is -0.123. The standard InChI is InChI=1S/C19H24FNO/c1-11(16-9-12-2-3-14(16)8-12)21-19(22)18-10-17(18)13-4-6-15(20)7-5-13/h4-7,11-12,14,16-18H,2-3,8-10H2,1H3,(H,21,22). The Kier molecular flexibility index (Phi) is 3.47. The molecule has 0 aliphatic heterocycles. The molecule has 118 valence electrons. The van der Waals surface area contributed by atoms with Gasteiger partial charge in [0.25, 0.3) is 0 Å².